The van der Waals surface area contributed by atoms with Crippen LogP contribution in [0.5, 0.6) is 0 Å². The highest BCUT2D eigenvalue weighted by molar-refractivity contribution is 5.68. The van der Waals surface area contributed by atoms with E-state index in [4.69, 9.17) is 0 Å². The fourth-order valence-corrected chi connectivity index (χ4v) is 1.87. The fraction of sp³-hybridized carbons (Fsp3) is 0.0769. The van der Waals surface area contributed by atoms with E-state index in [1.807, 2.05) is 29.9 Å². The number of hydrogen-bond donors (Lipinski definition) is 2. The summed E-state index contributed by atoms with van der Waals surface area (Å²) in [5.74, 6) is 0.450. The maximum Gasteiger partial charge on any atom is 0.292 e. The lowest BCUT2D eigenvalue weighted by atomic mass is 10.3. The number of nitrogens with one attached hydrogen (secondary N) is 2. The number of azo groups is 1. The summed E-state index contributed by atoms with van der Waals surface area (Å²) in [6.45, 7) is 0. The van der Waals surface area contributed by atoms with Crippen LogP contribution >= 0.6 is 0 Å². The SMILES string of the molecule is Cn1cccc1-c1[nH][nH]c(=O)c1N=Nc1ccccn1. The molecule has 0 aliphatic rings. The van der Waals surface area contributed by atoms with Gasteiger partial charge in [-0.3, -0.25) is 15.0 Å². The van der Waals surface area contributed by atoms with Crippen molar-refractivity contribution in [1.82, 2.24) is 19.7 Å². The summed E-state index contributed by atoms with van der Waals surface area (Å²) < 4.78 is 1.89. The van der Waals surface area contributed by atoms with Crippen LogP contribution in [0, 0.1) is 0 Å². The Bertz CT molecular complexity index is 796. The summed E-state index contributed by atoms with van der Waals surface area (Å²) in [5, 5.41) is 13.3. The molecular weight excluding hydrogens is 256 g/mol. The minimum atomic E-state index is -0.319. The number of rotatable bonds is 3. The van der Waals surface area contributed by atoms with E-state index in [9.17, 15) is 4.79 Å². The molecule has 0 saturated carbocycles. The Hall–Kier alpha value is -2.96. The molecule has 0 fully saturated rings. The second-order valence-electron chi connectivity index (χ2n) is 4.20. The van der Waals surface area contributed by atoms with Crippen LogP contribution in [0.15, 0.2) is 57.7 Å². The lowest BCUT2D eigenvalue weighted by Gasteiger charge is -2.00. The second kappa shape index (κ2) is 4.96. The summed E-state index contributed by atoms with van der Waals surface area (Å²) >= 11 is 0. The number of aryl methyl sites for hydroxylation is 1. The summed E-state index contributed by atoms with van der Waals surface area (Å²) in [4.78, 5) is 15.8. The second-order valence-corrected chi connectivity index (χ2v) is 4.20. The molecule has 7 nitrogen and oxygen atoms in total. The molecule has 7 heteroatoms. The van der Waals surface area contributed by atoms with Gasteiger partial charge in [-0.05, 0) is 24.3 Å². The first kappa shape index (κ1) is 12.1. The monoisotopic (exact) mass is 268 g/mol. The average molecular weight is 268 g/mol. The molecule has 0 bridgehead atoms. The summed E-state index contributed by atoms with van der Waals surface area (Å²) in [7, 11) is 1.89. The predicted octanol–water partition coefficient (Wildman–Crippen LogP) is 2.52. The van der Waals surface area contributed by atoms with E-state index in [0.717, 1.165) is 5.69 Å². The Labute approximate surface area is 114 Å². The van der Waals surface area contributed by atoms with E-state index < -0.39 is 0 Å². The van der Waals surface area contributed by atoms with Gasteiger partial charge in [0.25, 0.3) is 5.56 Å². The van der Waals surface area contributed by atoms with Crippen molar-refractivity contribution < 1.29 is 0 Å². The highest BCUT2D eigenvalue weighted by Gasteiger charge is 2.13. The summed E-state index contributed by atoms with van der Waals surface area (Å²) in [5.41, 5.74) is 1.36. The van der Waals surface area contributed by atoms with E-state index >= 15 is 0 Å². The van der Waals surface area contributed by atoms with Crippen LogP contribution < -0.4 is 5.56 Å². The van der Waals surface area contributed by atoms with Gasteiger partial charge in [-0.25, -0.2) is 4.98 Å². The number of aromatic nitrogens is 4. The molecule has 20 heavy (non-hydrogen) atoms. The third kappa shape index (κ3) is 2.16. The van der Waals surface area contributed by atoms with Gasteiger partial charge in [0, 0.05) is 19.4 Å². The van der Waals surface area contributed by atoms with Crippen LogP contribution in [0.3, 0.4) is 0 Å². The lowest BCUT2D eigenvalue weighted by molar-refractivity contribution is 0.925. The molecule has 3 heterocycles. The first-order valence-electron chi connectivity index (χ1n) is 6.01. The Morgan fingerprint density at radius 1 is 1.15 bits per heavy atom. The van der Waals surface area contributed by atoms with Gasteiger partial charge in [0.15, 0.2) is 11.5 Å². The Morgan fingerprint density at radius 3 is 2.75 bits per heavy atom. The van der Waals surface area contributed by atoms with Gasteiger partial charge < -0.3 is 4.57 Å². The average Bonchev–Trinajstić information content (AvgIpc) is 3.04. The standard InChI is InChI=1S/C13H12N6O/c1-19-8-4-5-9(19)11-12(13(20)18-16-11)17-15-10-6-2-3-7-14-10/h2-8H,1H3,(H2,16,18,20). The molecule has 0 aromatic carbocycles. The van der Waals surface area contributed by atoms with Crippen molar-refractivity contribution in [2.45, 2.75) is 0 Å². The van der Waals surface area contributed by atoms with Gasteiger partial charge in [0.2, 0.25) is 0 Å². The van der Waals surface area contributed by atoms with Crippen molar-refractivity contribution in [3.05, 3.63) is 53.1 Å². The zero-order valence-electron chi connectivity index (χ0n) is 10.7. The molecule has 2 N–H and O–H groups in total. The molecule has 3 aromatic heterocycles. The van der Waals surface area contributed by atoms with E-state index in [2.05, 4.69) is 25.4 Å². The van der Waals surface area contributed by atoms with Crippen molar-refractivity contribution >= 4 is 11.5 Å². The van der Waals surface area contributed by atoms with E-state index in [1.165, 1.54) is 0 Å². The quantitative estimate of drug-likeness (QED) is 0.714. The highest BCUT2D eigenvalue weighted by Crippen LogP contribution is 2.25. The van der Waals surface area contributed by atoms with Gasteiger partial charge in [0.05, 0.1) is 5.69 Å². The van der Waals surface area contributed by atoms with Crippen molar-refractivity contribution in [2.24, 2.45) is 17.3 Å². The third-order valence-electron chi connectivity index (χ3n) is 2.85. The van der Waals surface area contributed by atoms with E-state index in [-0.39, 0.29) is 11.2 Å². The van der Waals surface area contributed by atoms with Crippen LogP contribution in [0.4, 0.5) is 11.5 Å². The molecule has 0 amide bonds. The molecule has 100 valence electrons. The maximum absolute atomic E-state index is 11.8. The zero-order valence-corrected chi connectivity index (χ0v) is 10.7. The molecular formula is C13H12N6O. The maximum atomic E-state index is 11.8. The zero-order chi connectivity index (χ0) is 13.9. The molecule has 3 aromatic rings. The van der Waals surface area contributed by atoms with Crippen molar-refractivity contribution in [3.8, 4) is 11.4 Å². The number of aromatic amines is 2. The number of hydrogen-bond acceptors (Lipinski definition) is 4. The Morgan fingerprint density at radius 2 is 2.05 bits per heavy atom. The molecule has 0 atom stereocenters. The normalized spacial score (nSPS) is 11.2. The molecule has 0 saturated heterocycles. The molecule has 0 aliphatic heterocycles. The van der Waals surface area contributed by atoms with Gasteiger partial charge in [-0.2, -0.15) is 0 Å². The minimum Gasteiger partial charge on any atom is -0.349 e. The van der Waals surface area contributed by atoms with E-state index in [0.29, 0.717) is 11.5 Å². The van der Waals surface area contributed by atoms with Crippen molar-refractivity contribution in [1.29, 1.82) is 0 Å². The van der Waals surface area contributed by atoms with E-state index in [1.54, 1.807) is 24.4 Å². The molecule has 0 aliphatic carbocycles. The van der Waals surface area contributed by atoms with Crippen LogP contribution in [-0.2, 0) is 7.05 Å². The highest BCUT2D eigenvalue weighted by atomic mass is 16.1. The Balaban J connectivity index is 2.03. The number of H-pyrrole nitrogens is 2. The van der Waals surface area contributed by atoms with Crippen LogP contribution in [0.25, 0.3) is 11.4 Å². The molecule has 0 unspecified atom stereocenters. The third-order valence-corrected chi connectivity index (χ3v) is 2.85. The van der Waals surface area contributed by atoms with Crippen LogP contribution in [0.2, 0.25) is 0 Å². The van der Waals surface area contributed by atoms with Crippen molar-refractivity contribution in [3.63, 3.8) is 0 Å². The molecule has 0 radical (unpaired) electrons. The minimum absolute atomic E-state index is 0.234. The van der Waals surface area contributed by atoms with Gasteiger partial charge in [-0.1, -0.05) is 6.07 Å². The van der Waals surface area contributed by atoms with Crippen molar-refractivity contribution in [2.75, 3.05) is 0 Å². The largest absolute Gasteiger partial charge is 0.349 e. The first-order chi connectivity index (χ1) is 9.75. The van der Waals surface area contributed by atoms with Gasteiger partial charge >= 0.3 is 0 Å². The fourth-order valence-electron chi connectivity index (χ4n) is 1.87. The number of pyridine rings is 1. The van der Waals surface area contributed by atoms with Gasteiger partial charge in [0.1, 0.15) is 5.69 Å². The van der Waals surface area contributed by atoms with Crippen LogP contribution in [0.1, 0.15) is 0 Å². The van der Waals surface area contributed by atoms with Gasteiger partial charge in [-0.15, -0.1) is 10.2 Å². The lowest BCUT2D eigenvalue weighted by Crippen LogP contribution is -1.96. The number of nitrogens with zero attached hydrogens (tertiary/aromatic N) is 4. The summed E-state index contributed by atoms with van der Waals surface area (Å²) in [6.07, 6.45) is 3.51. The smallest absolute Gasteiger partial charge is 0.292 e. The topological polar surface area (TPSA) is 91.2 Å². The Kier molecular flexibility index (Phi) is 3.00. The van der Waals surface area contributed by atoms with Crippen LogP contribution in [-0.4, -0.2) is 19.7 Å². The molecule has 0 spiro atoms. The summed E-state index contributed by atoms with van der Waals surface area (Å²) in [6, 6.07) is 9.09. The molecule has 3 rings (SSSR count). The first-order valence-corrected chi connectivity index (χ1v) is 6.01. The predicted molar refractivity (Wildman–Crippen MR) is 74.2 cm³/mol.